The fourth-order valence-electron chi connectivity index (χ4n) is 3.49. The lowest BCUT2D eigenvalue weighted by Gasteiger charge is -2.26. The summed E-state index contributed by atoms with van der Waals surface area (Å²) in [6, 6.07) is 12.6. The first-order valence-corrected chi connectivity index (χ1v) is 10.2. The van der Waals surface area contributed by atoms with E-state index in [2.05, 4.69) is 16.9 Å². The summed E-state index contributed by atoms with van der Waals surface area (Å²) in [7, 11) is 5.54. The van der Waals surface area contributed by atoms with E-state index in [1.807, 2.05) is 43.3 Å². The van der Waals surface area contributed by atoms with Gasteiger partial charge in [-0.3, -0.25) is 14.2 Å². The SMILES string of the molecule is C=CCn1c(=S)[nH]c2cc(C(=O)NCC(c3ccccc3OC)N(C)C)ccc2c1=O. The number of carbonyl (C=O) groups excluding carboxylic acids is 1. The van der Waals surface area contributed by atoms with E-state index in [0.29, 0.717) is 34.3 Å². The lowest BCUT2D eigenvalue weighted by Crippen LogP contribution is -2.34. The number of amides is 1. The highest BCUT2D eigenvalue weighted by atomic mass is 32.1. The van der Waals surface area contributed by atoms with Gasteiger partial charge < -0.3 is 19.9 Å². The quantitative estimate of drug-likeness (QED) is 0.417. The second-order valence-electron chi connectivity index (χ2n) is 7.33. The van der Waals surface area contributed by atoms with Crippen molar-refractivity contribution < 1.29 is 9.53 Å². The van der Waals surface area contributed by atoms with Gasteiger partial charge in [-0.1, -0.05) is 24.3 Å². The van der Waals surface area contributed by atoms with E-state index in [4.69, 9.17) is 17.0 Å². The van der Waals surface area contributed by atoms with Crippen LogP contribution in [0.4, 0.5) is 0 Å². The molecule has 1 amide bonds. The zero-order valence-corrected chi connectivity index (χ0v) is 18.7. The monoisotopic (exact) mass is 438 g/mol. The standard InChI is InChI=1S/C23H26N4O3S/c1-5-12-27-22(29)16-11-10-15(13-18(16)25-23(27)31)21(28)24-14-19(26(2)3)17-8-6-7-9-20(17)30-4/h5-11,13,19H,1,12,14H2,2-4H3,(H,24,28)(H,25,31). The minimum atomic E-state index is -0.238. The number of likely N-dealkylation sites (N-methyl/N-ethyl adjacent to an activating group) is 1. The highest BCUT2D eigenvalue weighted by molar-refractivity contribution is 7.71. The number of nitrogens with zero attached hydrogens (tertiary/aromatic N) is 2. The normalized spacial score (nSPS) is 12.0. The van der Waals surface area contributed by atoms with Gasteiger partial charge in [-0.15, -0.1) is 6.58 Å². The number of para-hydroxylation sites is 1. The molecule has 162 valence electrons. The highest BCUT2D eigenvalue weighted by Gasteiger charge is 2.19. The van der Waals surface area contributed by atoms with Crippen LogP contribution >= 0.6 is 12.2 Å². The van der Waals surface area contributed by atoms with Crippen LogP contribution in [0.3, 0.4) is 0 Å². The Bertz CT molecular complexity index is 1230. The third-order valence-electron chi connectivity index (χ3n) is 5.13. The zero-order valence-electron chi connectivity index (χ0n) is 17.8. The lowest BCUT2D eigenvalue weighted by molar-refractivity contribution is 0.0941. The predicted octanol–water partition coefficient (Wildman–Crippen LogP) is 3.29. The first-order chi connectivity index (χ1) is 14.9. The van der Waals surface area contributed by atoms with Crippen molar-refractivity contribution in [3.8, 4) is 5.75 Å². The molecular weight excluding hydrogens is 412 g/mol. The van der Waals surface area contributed by atoms with E-state index in [9.17, 15) is 9.59 Å². The Morgan fingerprint density at radius 1 is 1.32 bits per heavy atom. The number of benzene rings is 2. The number of nitrogens with one attached hydrogen (secondary N) is 2. The second-order valence-corrected chi connectivity index (χ2v) is 7.71. The van der Waals surface area contributed by atoms with Crippen molar-refractivity contribution >= 4 is 29.0 Å². The smallest absolute Gasteiger partial charge is 0.262 e. The molecule has 0 saturated carbocycles. The molecule has 0 fully saturated rings. The maximum atomic E-state index is 12.8. The van der Waals surface area contributed by atoms with Crippen molar-refractivity contribution in [1.82, 2.24) is 19.8 Å². The number of hydrogen-bond acceptors (Lipinski definition) is 5. The van der Waals surface area contributed by atoms with Gasteiger partial charge >= 0.3 is 0 Å². The molecule has 1 aromatic heterocycles. The largest absolute Gasteiger partial charge is 0.496 e. The molecule has 1 atom stereocenters. The number of fused-ring (bicyclic) bond motifs is 1. The molecule has 0 bridgehead atoms. The number of rotatable bonds is 8. The topological polar surface area (TPSA) is 79.4 Å². The van der Waals surface area contributed by atoms with Crippen molar-refractivity contribution in [1.29, 1.82) is 0 Å². The van der Waals surface area contributed by atoms with Crippen molar-refractivity contribution in [3.05, 3.63) is 81.4 Å². The summed E-state index contributed by atoms with van der Waals surface area (Å²) in [6.07, 6.45) is 1.61. The van der Waals surface area contributed by atoms with E-state index in [-0.39, 0.29) is 17.5 Å². The minimum Gasteiger partial charge on any atom is -0.496 e. The number of methoxy groups -OCH3 is 1. The average Bonchev–Trinajstić information content (AvgIpc) is 2.76. The fraction of sp³-hybridized carbons (Fsp3) is 0.261. The first kappa shape index (κ1) is 22.5. The Balaban J connectivity index is 1.85. The van der Waals surface area contributed by atoms with Gasteiger partial charge in [0.2, 0.25) is 0 Å². The molecule has 0 aliphatic carbocycles. The molecule has 2 N–H and O–H groups in total. The Kier molecular flexibility index (Phi) is 7.04. The molecule has 3 aromatic rings. The molecule has 2 aromatic carbocycles. The van der Waals surface area contributed by atoms with Gasteiger partial charge in [0.15, 0.2) is 4.77 Å². The van der Waals surface area contributed by atoms with Crippen LogP contribution in [-0.4, -0.2) is 48.1 Å². The van der Waals surface area contributed by atoms with Crippen LogP contribution in [0.15, 0.2) is 59.9 Å². The van der Waals surface area contributed by atoms with Gasteiger partial charge in [-0.25, -0.2) is 0 Å². The van der Waals surface area contributed by atoms with Gasteiger partial charge in [0.25, 0.3) is 11.5 Å². The van der Waals surface area contributed by atoms with Gasteiger partial charge in [0, 0.05) is 24.2 Å². The van der Waals surface area contributed by atoms with Crippen molar-refractivity contribution in [2.75, 3.05) is 27.7 Å². The molecule has 31 heavy (non-hydrogen) atoms. The van der Waals surface area contributed by atoms with Crippen molar-refractivity contribution in [2.24, 2.45) is 0 Å². The summed E-state index contributed by atoms with van der Waals surface area (Å²) in [5, 5.41) is 3.45. The van der Waals surface area contributed by atoms with Crippen molar-refractivity contribution in [3.63, 3.8) is 0 Å². The van der Waals surface area contributed by atoms with E-state index in [1.54, 1.807) is 31.4 Å². The summed E-state index contributed by atoms with van der Waals surface area (Å²) >= 11 is 5.27. The molecule has 7 nitrogen and oxygen atoms in total. The number of ether oxygens (including phenoxy) is 1. The van der Waals surface area contributed by atoms with Crippen LogP contribution in [-0.2, 0) is 6.54 Å². The summed E-state index contributed by atoms with van der Waals surface area (Å²) in [4.78, 5) is 30.5. The van der Waals surface area contributed by atoms with Crippen molar-refractivity contribution in [2.45, 2.75) is 12.6 Å². The third-order valence-corrected chi connectivity index (χ3v) is 5.46. The Hall–Kier alpha value is -3.23. The van der Waals surface area contributed by atoms with Crippen LogP contribution in [0, 0.1) is 4.77 Å². The lowest BCUT2D eigenvalue weighted by atomic mass is 10.0. The summed E-state index contributed by atoms with van der Waals surface area (Å²) in [5.74, 6) is 0.530. The van der Waals surface area contributed by atoms with Gasteiger partial charge in [0.1, 0.15) is 5.75 Å². The molecule has 0 aliphatic rings. The first-order valence-electron chi connectivity index (χ1n) is 9.82. The maximum Gasteiger partial charge on any atom is 0.262 e. The third kappa shape index (κ3) is 4.76. The van der Waals surface area contributed by atoms with Crippen LogP contribution in [0.1, 0.15) is 22.0 Å². The molecule has 3 rings (SSSR count). The minimum absolute atomic E-state index is 0.0718. The number of H-pyrrole nitrogens is 1. The predicted molar refractivity (Wildman–Crippen MR) is 125 cm³/mol. The zero-order chi connectivity index (χ0) is 22.5. The molecule has 0 saturated heterocycles. The molecule has 0 radical (unpaired) electrons. The Morgan fingerprint density at radius 3 is 2.74 bits per heavy atom. The molecular formula is C23H26N4O3S. The molecule has 0 spiro atoms. The average molecular weight is 439 g/mol. The van der Waals surface area contributed by atoms with Crippen LogP contribution in [0.5, 0.6) is 5.75 Å². The number of hydrogen-bond donors (Lipinski definition) is 2. The van der Waals surface area contributed by atoms with Crippen LogP contribution in [0.2, 0.25) is 0 Å². The van der Waals surface area contributed by atoms with E-state index in [1.165, 1.54) is 4.57 Å². The Labute approximate surface area is 186 Å². The van der Waals surface area contributed by atoms with E-state index >= 15 is 0 Å². The van der Waals surface area contributed by atoms with Gasteiger partial charge in [-0.05, 0) is 50.6 Å². The van der Waals surface area contributed by atoms with Crippen LogP contribution < -0.4 is 15.6 Å². The number of aromatic amines is 1. The maximum absolute atomic E-state index is 12.8. The number of allylic oxidation sites excluding steroid dienone is 1. The van der Waals surface area contributed by atoms with Gasteiger partial charge in [-0.2, -0.15) is 0 Å². The molecule has 1 unspecified atom stereocenters. The molecule has 0 aliphatic heterocycles. The fourth-order valence-corrected chi connectivity index (χ4v) is 3.76. The number of aromatic nitrogens is 2. The summed E-state index contributed by atoms with van der Waals surface area (Å²) in [5.41, 5.74) is 1.74. The second kappa shape index (κ2) is 9.72. The molecule has 8 heteroatoms. The van der Waals surface area contributed by atoms with E-state index in [0.717, 1.165) is 11.3 Å². The summed E-state index contributed by atoms with van der Waals surface area (Å²) < 4.78 is 7.19. The highest BCUT2D eigenvalue weighted by Crippen LogP contribution is 2.27. The summed E-state index contributed by atoms with van der Waals surface area (Å²) in [6.45, 7) is 4.36. The van der Waals surface area contributed by atoms with E-state index < -0.39 is 0 Å². The van der Waals surface area contributed by atoms with Gasteiger partial charge in [0.05, 0.1) is 24.1 Å². The Morgan fingerprint density at radius 2 is 2.06 bits per heavy atom. The molecule has 1 heterocycles. The van der Waals surface area contributed by atoms with Crippen LogP contribution in [0.25, 0.3) is 10.9 Å². The number of carbonyl (C=O) groups is 1.